The highest BCUT2D eigenvalue weighted by atomic mass is 35.5. The molecule has 1 heterocycles. The van der Waals surface area contributed by atoms with Crippen molar-refractivity contribution >= 4 is 23.6 Å². The summed E-state index contributed by atoms with van der Waals surface area (Å²) in [6.45, 7) is 0. The molecule has 9 heavy (non-hydrogen) atoms. The predicted octanol–water partition coefficient (Wildman–Crippen LogP) is 0.237. The first-order chi connectivity index (χ1) is 4.13. The molecule has 3 nitrogen and oxygen atoms in total. The van der Waals surface area contributed by atoms with Gasteiger partial charge in [-0.2, -0.15) is 4.42 Å². The van der Waals surface area contributed by atoms with Gasteiger partial charge in [-0.3, -0.25) is 9.59 Å². The molecule has 1 unspecified atom stereocenters. The van der Waals surface area contributed by atoms with Crippen LogP contribution in [0.15, 0.2) is 0 Å². The number of halogens is 2. The van der Waals surface area contributed by atoms with Crippen molar-refractivity contribution in [3.8, 4) is 0 Å². The maximum Gasteiger partial charge on any atom is 0.279 e. The van der Waals surface area contributed by atoms with E-state index in [1.54, 1.807) is 0 Å². The maximum absolute atomic E-state index is 12.1. The Bertz CT molecular complexity index is 172. The number of hydrogen-bond acceptors (Lipinski definition) is 2. The minimum atomic E-state index is -1.73. The monoisotopic (exact) mass is 151 g/mol. The SMILES string of the molecule is O=C1CC(F)C(=O)N1Cl. The summed E-state index contributed by atoms with van der Waals surface area (Å²) < 4.78 is 12.4. The number of imide groups is 1. The summed E-state index contributed by atoms with van der Waals surface area (Å²) >= 11 is 5.00. The van der Waals surface area contributed by atoms with E-state index in [2.05, 4.69) is 0 Å². The van der Waals surface area contributed by atoms with Crippen molar-refractivity contribution in [2.45, 2.75) is 12.6 Å². The second-order valence-electron chi connectivity index (χ2n) is 1.68. The van der Waals surface area contributed by atoms with Crippen LogP contribution >= 0.6 is 11.8 Å². The molecule has 1 aliphatic heterocycles. The largest absolute Gasteiger partial charge is 0.279 e. The van der Waals surface area contributed by atoms with Gasteiger partial charge >= 0.3 is 0 Å². The number of carbonyl (C=O) groups is 2. The zero-order valence-electron chi connectivity index (χ0n) is 4.30. The quantitative estimate of drug-likeness (QED) is 0.367. The number of hydrogen-bond donors (Lipinski definition) is 0. The Kier molecular flexibility index (Phi) is 1.40. The molecule has 1 atom stereocenters. The predicted molar refractivity (Wildman–Crippen MR) is 27.2 cm³/mol. The summed E-state index contributed by atoms with van der Waals surface area (Å²) in [5, 5.41) is 0. The van der Waals surface area contributed by atoms with Crippen molar-refractivity contribution in [3.63, 3.8) is 0 Å². The molecule has 0 bridgehead atoms. The van der Waals surface area contributed by atoms with Gasteiger partial charge in [0.05, 0.1) is 6.42 Å². The van der Waals surface area contributed by atoms with Crippen LogP contribution < -0.4 is 0 Å². The fourth-order valence-electron chi connectivity index (χ4n) is 0.567. The maximum atomic E-state index is 12.1. The molecule has 0 aliphatic carbocycles. The Morgan fingerprint density at radius 3 is 2.33 bits per heavy atom. The number of amides is 2. The number of rotatable bonds is 0. The van der Waals surface area contributed by atoms with Crippen molar-refractivity contribution in [1.29, 1.82) is 0 Å². The van der Waals surface area contributed by atoms with Crippen LogP contribution in [-0.4, -0.2) is 22.4 Å². The first kappa shape index (κ1) is 6.48. The topological polar surface area (TPSA) is 37.4 Å². The summed E-state index contributed by atoms with van der Waals surface area (Å²) in [5.74, 6) is -1.63. The summed E-state index contributed by atoms with van der Waals surface area (Å²) in [5.41, 5.74) is 0. The summed E-state index contributed by atoms with van der Waals surface area (Å²) in [4.78, 5) is 20.6. The second-order valence-corrected chi connectivity index (χ2v) is 2.02. The van der Waals surface area contributed by atoms with Crippen LogP contribution in [0.25, 0.3) is 0 Å². The second kappa shape index (κ2) is 1.95. The standard InChI is InChI=1S/C4H3ClFNO2/c5-7-3(8)1-2(6)4(7)9/h2H,1H2. The van der Waals surface area contributed by atoms with Crippen LogP contribution in [0.2, 0.25) is 0 Å². The van der Waals surface area contributed by atoms with E-state index in [0.29, 0.717) is 0 Å². The van der Waals surface area contributed by atoms with Crippen molar-refractivity contribution in [2.75, 3.05) is 0 Å². The van der Waals surface area contributed by atoms with E-state index < -0.39 is 24.4 Å². The lowest BCUT2D eigenvalue weighted by molar-refractivity contribution is -0.133. The first-order valence-electron chi connectivity index (χ1n) is 2.29. The van der Waals surface area contributed by atoms with Gasteiger partial charge in [-0.15, -0.1) is 0 Å². The third-order valence-corrected chi connectivity index (χ3v) is 1.39. The number of nitrogens with zero attached hydrogens (tertiary/aromatic N) is 1. The highest BCUT2D eigenvalue weighted by Gasteiger charge is 2.37. The lowest BCUT2D eigenvalue weighted by atomic mass is 10.3. The summed E-state index contributed by atoms with van der Waals surface area (Å²) in [7, 11) is 0. The Morgan fingerprint density at radius 1 is 1.67 bits per heavy atom. The van der Waals surface area contributed by atoms with Crippen LogP contribution in [-0.2, 0) is 9.59 Å². The average molecular weight is 152 g/mol. The molecule has 1 fully saturated rings. The number of alkyl halides is 1. The van der Waals surface area contributed by atoms with Crippen LogP contribution in [0.5, 0.6) is 0 Å². The van der Waals surface area contributed by atoms with E-state index in [1.807, 2.05) is 0 Å². The van der Waals surface area contributed by atoms with E-state index in [9.17, 15) is 14.0 Å². The third-order valence-electron chi connectivity index (χ3n) is 1.03. The van der Waals surface area contributed by atoms with Crippen LogP contribution in [0, 0.1) is 0 Å². The Labute approximate surface area is 55.5 Å². The Morgan fingerprint density at radius 2 is 2.22 bits per heavy atom. The fourth-order valence-corrected chi connectivity index (χ4v) is 0.742. The van der Waals surface area contributed by atoms with Crippen molar-refractivity contribution in [3.05, 3.63) is 0 Å². The van der Waals surface area contributed by atoms with Crippen molar-refractivity contribution < 1.29 is 14.0 Å². The Balaban J connectivity index is 2.77. The Hall–Kier alpha value is -0.640. The average Bonchev–Trinajstić information content (AvgIpc) is 1.98. The molecule has 1 saturated heterocycles. The van der Waals surface area contributed by atoms with Crippen molar-refractivity contribution in [2.24, 2.45) is 0 Å². The van der Waals surface area contributed by atoms with Crippen molar-refractivity contribution in [1.82, 2.24) is 4.42 Å². The lowest BCUT2D eigenvalue weighted by Crippen LogP contribution is -2.20. The van der Waals surface area contributed by atoms with Crippen LogP contribution in [0.3, 0.4) is 0 Å². The summed E-state index contributed by atoms with van der Waals surface area (Å²) in [6, 6.07) is 0. The molecule has 50 valence electrons. The smallest absolute Gasteiger partial charge is 0.273 e. The van der Waals surface area contributed by atoms with Gasteiger partial charge in [0.25, 0.3) is 5.91 Å². The molecular formula is C4H3ClFNO2. The molecule has 1 rings (SSSR count). The van der Waals surface area contributed by atoms with E-state index in [4.69, 9.17) is 11.8 Å². The molecule has 2 amide bonds. The molecule has 0 N–H and O–H groups in total. The molecule has 0 spiro atoms. The lowest BCUT2D eigenvalue weighted by Gasteiger charge is -1.97. The molecule has 0 aromatic heterocycles. The zero-order chi connectivity index (χ0) is 7.02. The molecule has 0 radical (unpaired) electrons. The van der Waals surface area contributed by atoms with E-state index >= 15 is 0 Å². The molecule has 0 aromatic rings. The highest BCUT2D eigenvalue weighted by Crippen LogP contribution is 2.17. The van der Waals surface area contributed by atoms with Crippen LogP contribution in [0.4, 0.5) is 4.39 Å². The van der Waals surface area contributed by atoms with Gasteiger partial charge in [0.1, 0.15) is 0 Å². The van der Waals surface area contributed by atoms with Gasteiger partial charge in [0, 0.05) is 11.8 Å². The molecule has 1 aliphatic rings. The van der Waals surface area contributed by atoms with E-state index in [0.717, 1.165) is 0 Å². The first-order valence-corrected chi connectivity index (χ1v) is 2.63. The van der Waals surface area contributed by atoms with Crippen LogP contribution in [0.1, 0.15) is 6.42 Å². The van der Waals surface area contributed by atoms with E-state index in [-0.39, 0.29) is 4.42 Å². The zero-order valence-corrected chi connectivity index (χ0v) is 5.06. The van der Waals surface area contributed by atoms with Gasteiger partial charge in [-0.25, -0.2) is 4.39 Å². The minimum Gasteiger partial charge on any atom is -0.273 e. The molecule has 0 aromatic carbocycles. The number of carbonyl (C=O) groups excluding carboxylic acids is 2. The van der Waals surface area contributed by atoms with Gasteiger partial charge in [-0.05, 0) is 0 Å². The fraction of sp³-hybridized carbons (Fsp3) is 0.500. The molecular weight excluding hydrogens is 148 g/mol. The van der Waals surface area contributed by atoms with Gasteiger partial charge in [-0.1, -0.05) is 0 Å². The van der Waals surface area contributed by atoms with Gasteiger partial charge in [0.2, 0.25) is 5.91 Å². The van der Waals surface area contributed by atoms with E-state index in [1.165, 1.54) is 0 Å². The summed E-state index contributed by atoms with van der Waals surface area (Å²) in [6.07, 6.45) is -2.14. The highest BCUT2D eigenvalue weighted by molar-refractivity contribution is 6.32. The third kappa shape index (κ3) is 0.896. The van der Waals surface area contributed by atoms with Gasteiger partial charge in [0.15, 0.2) is 6.17 Å². The molecule has 0 saturated carbocycles. The minimum absolute atomic E-state index is 0.282. The van der Waals surface area contributed by atoms with Gasteiger partial charge < -0.3 is 0 Å². The normalized spacial score (nSPS) is 27.8. The molecule has 5 heteroatoms.